The number of epoxide rings is 2. The zero-order valence-electron chi connectivity index (χ0n) is 32.2. The molecule has 0 amide bonds. The number of hydrogen-bond acceptors (Lipinski definition) is 12. The van der Waals surface area contributed by atoms with Crippen molar-refractivity contribution in [3.05, 3.63) is 12.2 Å². The van der Waals surface area contributed by atoms with E-state index in [1.807, 2.05) is 0 Å². The molecule has 12 nitrogen and oxygen atoms in total. The molecule has 2 heterocycles. The molecule has 0 bridgehead atoms. The average Bonchev–Trinajstić information content (AvgIpc) is 4.09. The molecule has 296 valence electrons. The zero-order chi connectivity index (χ0) is 36.8. The van der Waals surface area contributed by atoms with Crippen molar-refractivity contribution in [2.75, 3.05) is 68.1 Å². The Hall–Kier alpha value is -1.21. The Bertz CT molecular complexity index is 985. The van der Waals surface area contributed by atoms with Gasteiger partial charge >= 0.3 is 17.6 Å². The van der Waals surface area contributed by atoms with Crippen molar-refractivity contribution in [2.45, 2.75) is 128 Å². The molecule has 2 fully saturated rings. The molecule has 0 spiro atoms. The standard InChI is InChI=1S/C37H68O12Si2/c1-6-7-8-12-17-31-20-21-32(35(26-31)37(39)49-51(42-4,43-5)25-16-23-45-28-34-30-47-34)18-13-10-9-11-14-19-36(38)48-50(40-2,41-3)24-15-22-44-27-33-29-46-33/h20-21,31-35H,6-19,22-30H2,1-5H3. The van der Waals surface area contributed by atoms with Gasteiger partial charge in [-0.2, -0.15) is 0 Å². The molecule has 0 N–H and O–H groups in total. The molecule has 51 heavy (non-hydrogen) atoms. The van der Waals surface area contributed by atoms with Gasteiger partial charge in [-0.3, -0.25) is 9.59 Å². The van der Waals surface area contributed by atoms with Crippen LogP contribution in [-0.2, 0) is 55.1 Å². The summed E-state index contributed by atoms with van der Waals surface area (Å²) < 4.78 is 56.3. The van der Waals surface area contributed by atoms with Crippen molar-refractivity contribution < 1.29 is 55.1 Å². The first-order chi connectivity index (χ1) is 24.8. The van der Waals surface area contributed by atoms with Crippen LogP contribution in [0.3, 0.4) is 0 Å². The summed E-state index contributed by atoms with van der Waals surface area (Å²) in [6, 6.07) is 1.04. The van der Waals surface area contributed by atoms with Crippen LogP contribution in [0.15, 0.2) is 12.2 Å². The lowest BCUT2D eigenvalue weighted by Crippen LogP contribution is -2.48. The number of ether oxygens (including phenoxy) is 4. The molecule has 3 rings (SSSR count). The smallest absolute Gasteiger partial charge is 0.473 e. The third kappa shape index (κ3) is 17.7. The highest BCUT2D eigenvalue weighted by atomic mass is 28.4. The van der Waals surface area contributed by atoms with Gasteiger partial charge in [0.25, 0.3) is 11.9 Å². The number of rotatable bonds is 32. The number of carbonyl (C=O) groups is 2. The van der Waals surface area contributed by atoms with Crippen LogP contribution in [0.2, 0.25) is 12.1 Å². The lowest BCUT2D eigenvalue weighted by atomic mass is 9.75. The molecule has 2 saturated heterocycles. The molecule has 0 aromatic rings. The van der Waals surface area contributed by atoms with E-state index in [9.17, 15) is 9.59 Å². The van der Waals surface area contributed by atoms with Crippen LogP contribution in [0, 0.1) is 17.8 Å². The van der Waals surface area contributed by atoms with Crippen molar-refractivity contribution in [3.63, 3.8) is 0 Å². The third-order valence-electron chi connectivity index (χ3n) is 10.1. The van der Waals surface area contributed by atoms with Gasteiger partial charge in [-0.25, -0.2) is 0 Å². The van der Waals surface area contributed by atoms with E-state index in [0.29, 0.717) is 63.7 Å². The van der Waals surface area contributed by atoms with E-state index in [2.05, 4.69) is 19.1 Å². The minimum atomic E-state index is -3.18. The molecular formula is C37H68O12Si2. The maximum Gasteiger partial charge on any atom is 0.567 e. The summed E-state index contributed by atoms with van der Waals surface area (Å²) in [4.78, 5) is 26.5. The number of carbonyl (C=O) groups excluding carboxylic acids is 2. The maximum absolute atomic E-state index is 13.8. The Morgan fingerprint density at radius 3 is 1.76 bits per heavy atom. The van der Waals surface area contributed by atoms with Gasteiger partial charge in [-0.1, -0.05) is 70.4 Å². The topological polar surface area (TPSA) is 133 Å². The summed E-state index contributed by atoms with van der Waals surface area (Å²) in [6.45, 7) is 6.04. The van der Waals surface area contributed by atoms with E-state index in [1.54, 1.807) is 28.4 Å². The fraction of sp³-hybridized carbons (Fsp3) is 0.892. The summed E-state index contributed by atoms with van der Waals surface area (Å²) in [7, 11) is -0.00794. The second-order valence-corrected chi connectivity index (χ2v) is 19.9. The van der Waals surface area contributed by atoms with E-state index < -0.39 is 17.6 Å². The van der Waals surface area contributed by atoms with Gasteiger partial charge in [0.15, 0.2) is 0 Å². The predicted octanol–water partition coefficient (Wildman–Crippen LogP) is 6.66. The third-order valence-corrected chi connectivity index (χ3v) is 15.5. The summed E-state index contributed by atoms with van der Waals surface area (Å²) in [5.74, 6) is -0.191. The highest BCUT2D eigenvalue weighted by Crippen LogP contribution is 2.36. The van der Waals surface area contributed by atoms with Gasteiger partial charge in [0.05, 0.1) is 32.3 Å². The first-order valence-corrected chi connectivity index (χ1v) is 23.4. The Kier molecular flexibility index (Phi) is 21.6. The van der Waals surface area contributed by atoms with Gasteiger partial charge in [0.2, 0.25) is 0 Å². The summed E-state index contributed by atoms with van der Waals surface area (Å²) in [5, 5.41) is 0. The maximum atomic E-state index is 13.8. The van der Waals surface area contributed by atoms with Crippen LogP contribution >= 0.6 is 0 Å². The zero-order valence-corrected chi connectivity index (χ0v) is 34.2. The summed E-state index contributed by atoms with van der Waals surface area (Å²) >= 11 is 0. The van der Waals surface area contributed by atoms with Gasteiger partial charge in [-0.05, 0) is 50.4 Å². The van der Waals surface area contributed by atoms with Crippen LogP contribution in [0.25, 0.3) is 0 Å². The van der Waals surface area contributed by atoms with Crippen LogP contribution in [-0.4, -0.2) is 110 Å². The summed E-state index contributed by atoms with van der Waals surface area (Å²) in [6.07, 6.45) is 19.2. The van der Waals surface area contributed by atoms with E-state index in [0.717, 1.165) is 64.6 Å². The van der Waals surface area contributed by atoms with Gasteiger partial charge in [0.1, 0.15) is 12.2 Å². The Labute approximate surface area is 309 Å². The molecule has 3 aliphatic rings. The Morgan fingerprint density at radius 2 is 1.20 bits per heavy atom. The molecule has 2 aliphatic heterocycles. The van der Waals surface area contributed by atoms with Gasteiger partial charge in [-0.15, -0.1) is 0 Å². The van der Waals surface area contributed by atoms with Crippen LogP contribution < -0.4 is 0 Å². The van der Waals surface area contributed by atoms with Crippen LogP contribution in [0.5, 0.6) is 0 Å². The molecule has 0 saturated carbocycles. The van der Waals surface area contributed by atoms with Crippen molar-refractivity contribution in [2.24, 2.45) is 17.8 Å². The average molecular weight is 761 g/mol. The van der Waals surface area contributed by atoms with Crippen LogP contribution in [0.4, 0.5) is 0 Å². The highest BCUT2D eigenvalue weighted by Gasteiger charge is 2.46. The quantitative estimate of drug-likeness (QED) is 0.0315. The van der Waals surface area contributed by atoms with Crippen molar-refractivity contribution in [1.82, 2.24) is 0 Å². The molecule has 14 heteroatoms. The molecular weight excluding hydrogens is 693 g/mol. The van der Waals surface area contributed by atoms with Crippen molar-refractivity contribution >= 4 is 29.5 Å². The molecule has 5 unspecified atom stereocenters. The second kappa shape index (κ2) is 25.0. The lowest BCUT2D eigenvalue weighted by molar-refractivity contribution is -0.146. The normalized spacial score (nSPS) is 23.0. The van der Waals surface area contributed by atoms with Crippen LogP contribution in [0.1, 0.15) is 103 Å². The monoisotopic (exact) mass is 760 g/mol. The van der Waals surface area contributed by atoms with E-state index in [-0.39, 0.29) is 36.0 Å². The molecule has 5 atom stereocenters. The Morgan fingerprint density at radius 1 is 0.667 bits per heavy atom. The molecule has 0 aromatic heterocycles. The SMILES string of the molecule is CCCCCCC1C=CC(CCCCCCCC(=O)O[Si](CCCOCC2CO2)(OC)OC)C(C(=O)O[Si](CCCOCC2CO2)(OC)OC)C1. The van der Waals surface area contributed by atoms with Crippen molar-refractivity contribution in [3.8, 4) is 0 Å². The molecule has 1 aliphatic carbocycles. The van der Waals surface area contributed by atoms with Crippen molar-refractivity contribution in [1.29, 1.82) is 0 Å². The number of unbranched alkanes of at least 4 members (excludes halogenated alkanes) is 7. The van der Waals surface area contributed by atoms with Gasteiger partial charge < -0.3 is 45.5 Å². The largest absolute Gasteiger partial charge is 0.567 e. The minimum absolute atomic E-state index is 0.121. The molecule has 0 aromatic carbocycles. The number of allylic oxidation sites excluding steroid dienone is 2. The van der Waals surface area contributed by atoms with E-state index >= 15 is 0 Å². The molecule has 0 radical (unpaired) electrons. The minimum Gasteiger partial charge on any atom is -0.473 e. The first-order valence-electron chi connectivity index (χ1n) is 19.5. The summed E-state index contributed by atoms with van der Waals surface area (Å²) in [5.41, 5.74) is 0. The van der Waals surface area contributed by atoms with E-state index in [4.69, 9.17) is 45.5 Å². The van der Waals surface area contributed by atoms with Gasteiger partial charge in [0, 0.05) is 60.2 Å². The highest BCUT2D eigenvalue weighted by molar-refractivity contribution is 6.62. The fourth-order valence-corrected chi connectivity index (χ4v) is 10.4. The number of hydrogen-bond donors (Lipinski definition) is 0. The second-order valence-electron chi connectivity index (χ2n) is 14.2. The first kappa shape index (κ1) is 44.2. The lowest BCUT2D eigenvalue weighted by Gasteiger charge is -2.34. The van der Waals surface area contributed by atoms with E-state index in [1.165, 1.54) is 25.7 Å². The Balaban J connectivity index is 1.41. The predicted molar refractivity (Wildman–Crippen MR) is 197 cm³/mol. The fourth-order valence-electron chi connectivity index (χ4n) is 6.65.